The van der Waals surface area contributed by atoms with Crippen LogP contribution in [0, 0.1) is 0 Å². The van der Waals surface area contributed by atoms with E-state index in [-0.39, 0.29) is 18.4 Å². The first-order valence-electron chi connectivity index (χ1n) is 8.10. The van der Waals surface area contributed by atoms with Gasteiger partial charge >= 0.3 is 0 Å². The van der Waals surface area contributed by atoms with Crippen LogP contribution in [0.15, 0.2) is 30.6 Å². The van der Waals surface area contributed by atoms with Crippen LogP contribution in [-0.4, -0.2) is 46.2 Å². The molecule has 1 aliphatic heterocycles. The summed E-state index contributed by atoms with van der Waals surface area (Å²) < 4.78 is 8.59. The maximum atomic E-state index is 5.31. The average molecular weight is 380 g/mol. The minimum absolute atomic E-state index is 0. The Morgan fingerprint density at radius 2 is 2.28 bits per heavy atom. The molecule has 8 heteroatoms. The van der Waals surface area contributed by atoms with Gasteiger partial charge in [0.15, 0.2) is 0 Å². The molecule has 1 unspecified atom stereocenters. The lowest BCUT2D eigenvalue weighted by Gasteiger charge is -2.35. The molecule has 3 heterocycles. The number of fused-ring (bicyclic) bond motifs is 1. The van der Waals surface area contributed by atoms with Gasteiger partial charge in [0.2, 0.25) is 0 Å². The lowest BCUT2D eigenvalue weighted by molar-refractivity contribution is 0.144. The van der Waals surface area contributed by atoms with Crippen LogP contribution in [0.25, 0.3) is 10.2 Å². The van der Waals surface area contributed by atoms with E-state index in [1.165, 1.54) is 4.70 Å². The van der Waals surface area contributed by atoms with Crippen molar-refractivity contribution < 1.29 is 4.74 Å². The zero-order valence-electron chi connectivity index (χ0n) is 14.3. The highest BCUT2D eigenvalue weighted by atomic mass is 35.5. The van der Waals surface area contributed by atoms with Gasteiger partial charge in [-0.15, -0.1) is 23.7 Å². The minimum atomic E-state index is 0. The third-order valence-electron chi connectivity index (χ3n) is 4.49. The standard InChI is InChI=1S/C17H21N5OS.ClH/c1-21-7-6-19-17(21)14-10-18-5-8-22(14)11-16-20-13-4-3-12(23-2)9-15(13)24-16;/h3-4,6-7,9,14,18H,5,8,10-11H2,1-2H3;1H. The fourth-order valence-corrected chi connectivity index (χ4v) is 4.23. The van der Waals surface area contributed by atoms with Crippen molar-refractivity contribution in [3.63, 3.8) is 0 Å². The molecule has 4 rings (SSSR count). The van der Waals surface area contributed by atoms with E-state index in [0.717, 1.165) is 48.3 Å². The summed E-state index contributed by atoms with van der Waals surface area (Å²) in [5, 5.41) is 4.62. The first kappa shape index (κ1) is 18.1. The molecule has 1 N–H and O–H groups in total. The smallest absolute Gasteiger partial charge is 0.127 e. The summed E-state index contributed by atoms with van der Waals surface area (Å²) in [6.45, 7) is 3.76. The van der Waals surface area contributed by atoms with Crippen LogP contribution in [0.3, 0.4) is 0 Å². The van der Waals surface area contributed by atoms with Crippen molar-refractivity contribution in [1.29, 1.82) is 0 Å². The topological polar surface area (TPSA) is 55.2 Å². The first-order chi connectivity index (χ1) is 11.7. The summed E-state index contributed by atoms with van der Waals surface area (Å²) in [6, 6.07) is 6.33. The molecule has 2 aromatic heterocycles. The van der Waals surface area contributed by atoms with Crippen LogP contribution >= 0.6 is 23.7 Å². The quantitative estimate of drug-likeness (QED) is 0.755. The van der Waals surface area contributed by atoms with Gasteiger partial charge in [0, 0.05) is 39.1 Å². The van der Waals surface area contributed by atoms with Gasteiger partial charge in [-0.1, -0.05) is 0 Å². The highest BCUT2D eigenvalue weighted by Crippen LogP contribution is 2.29. The number of rotatable bonds is 4. The van der Waals surface area contributed by atoms with Crippen molar-refractivity contribution in [2.45, 2.75) is 12.6 Å². The Labute approximate surface area is 157 Å². The van der Waals surface area contributed by atoms with Crippen LogP contribution in [0.5, 0.6) is 5.75 Å². The van der Waals surface area contributed by atoms with E-state index >= 15 is 0 Å². The van der Waals surface area contributed by atoms with E-state index in [9.17, 15) is 0 Å². The number of ether oxygens (including phenoxy) is 1. The molecule has 134 valence electrons. The number of aryl methyl sites for hydroxylation is 1. The molecule has 3 aromatic rings. The number of hydrogen-bond acceptors (Lipinski definition) is 6. The molecule has 0 aliphatic carbocycles. The number of imidazole rings is 1. The zero-order chi connectivity index (χ0) is 16.5. The van der Waals surface area contributed by atoms with E-state index in [1.54, 1.807) is 18.4 Å². The Kier molecular flexibility index (Phi) is 5.58. The van der Waals surface area contributed by atoms with Gasteiger partial charge in [-0.25, -0.2) is 9.97 Å². The Hall–Kier alpha value is -1.67. The van der Waals surface area contributed by atoms with E-state index < -0.39 is 0 Å². The lowest BCUT2D eigenvalue weighted by atomic mass is 10.2. The van der Waals surface area contributed by atoms with Crippen LogP contribution in [-0.2, 0) is 13.6 Å². The Bertz CT molecular complexity index is 849. The van der Waals surface area contributed by atoms with Crippen LogP contribution in [0.4, 0.5) is 0 Å². The van der Waals surface area contributed by atoms with Crippen LogP contribution < -0.4 is 10.1 Å². The van der Waals surface area contributed by atoms with Crippen molar-refractivity contribution in [3.8, 4) is 5.75 Å². The molecule has 0 saturated carbocycles. The summed E-state index contributed by atoms with van der Waals surface area (Å²) in [4.78, 5) is 11.8. The molecule has 0 amide bonds. The summed E-state index contributed by atoms with van der Waals surface area (Å²) in [7, 11) is 3.75. The molecule has 1 aromatic carbocycles. The maximum absolute atomic E-state index is 5.31. The summed E-state index contributed by atoms with van der Waals surface area (Å²) in [5.74, 6) is 1.98. The van der Waals surface area contributed by atoms with Gasteiger partial charge in [0.25, 0.3) is 0 Å². The van der Waals surface area contributed by atoms with Crippen molar-refractivity contribution >= 4 is 34.0 Å². The SMILES string of the molecule is COc1ccc2nc(CN3CCNCC3c3nccn3C)sc2c1.Cl. The van der Waals surface area contributed by atoms with Crippen molar-refractivity contribution in [2.75, 3.05) is 26.7 Å². The van der Waals surface area contributed by atoms with Gasteiger partial charge in [0.1, 0.15) is 16.6 Å². The summed E-state index contributed by atoms with van der Waals surface area (Å²) >= 11 is 1.74. The zero-order valence-corrected chi connectivity index (χ0v) is 15.9. The fourth-order valence-electron chi connectivity index (χ4n) is 3.21. The number of aromatic nitrogens is 3. The summed E-state index contributed by atoms with van der Waals surface area (Å²) in [5.41, 5.74) is 1.04. The highest BCUT2D eigenvalue weighted by molar-refractivity contribution is 7.18. The summed E-state index contributed by atoms with van der Waals surface area (Å²) in [6.07, 6.45) is 3.87. The van der Waals surface area contributed by atoms with Crippen molar-refractivity contribution in [3.05, 3.63) is 41.4 Å². The number of thiazole rings is 1. The van der Waals surface area contributed by atoms with Gasteiger partial charge in [-0.2, -0.15) is 0 Å². The van der Waals surface area contributed by atoms with Gasteiger partial charge < -0.3 is 14.6 Å². The van der Waals surface area contributed by atoms with Crippen LogP contribution in [0.1, 0.15) is 16.9 Å². The molecule has 1 saturated heterocycles. The molecular formula is C17H22ClN5OS. The molecule has 1 fully saturated rings. The maximum Gasteiger partial charge on any atom is 0.127 e. The highest BCUT2D eigenvalue weighted by Gasteiger charge is 2.27. The predicted octanol–water partition coefficient (Wildman–Crippen LogP) is 2.61. The predicted molar refractivity (Wildman–Crippen MR) is 103 cm³/mol. The molecule has 0 bridgehead atoms. The normalized spacial score (nSPS) is 18.2. The second-order valence-electron chi connectivity index (χ2n) is 6.03. The third kappa shape index (κ3) is 3.64. The first-order valence-corrected chi connectivity index (χ1v) is 8.91. The molecule has 1 atom stereocenters. The lowest BCUT2D eigenvalue weighted by Crippen LogP contribution is -2.46. The number of benzene rings is 1. The second-order valence-corrected chi connectivity index (χ2v) is 7.14. The van der Waals surface area contributed by atoms with E-state index in [4.69, 9.17) is 9.72 Å². The number of nitrogens with one attached hydrogen (secondary N) is 1. The monoisotopic (exact) mass is 379 g/mol. The van der Waals surface area contributed by atoms with E-state index in [0.29, 0.717) is 0 Å². The van der Waals surface area contributed by atoms with Gasteiger partial charge in [-0.05, 0) is 18.2 Å². The fraction of sp³-hybridized carbons (Fsp3) is 0.412. The number of methoxy groups -OCH3 is 1. The van der Waals surface area contributed by atoms with Crippen LogP contribution in [0.2, 0.25) is 0 Å². The Morgan fingerprint density at radius 1 is 1.40 bits per heavy atom. The third-order valence-corrected chi connectivity index (χ3v) is 5.49. The van der Waals surface area contributed by atoms with Gasteiger partial charge in [-0.3, -0.25) is 4.90 Å². The second kappa shape index (κ2) is 7.70. The molecule has 25 heavy (non-hydrogen) atoms. The number of halogens is 1. The van der Waals surface area contributed by atoms with Gasteiger partial charge in [0.05, 0.1) is 29.9 Å². The molecule has 6 nitrogen and oxygen atoms in total. The number of hydrogen-bond donors (Lipinski definition) is 1. The molecule has 1 aliphatic rings. The Morgan fingerprint density at radius 3 is 3.04 bits per heavy atom. The van der Waals surface area contributed by atoms with Crippen molar-refractivity contribution in [1.82, 2.24) is 24.8 Å². The molecule has 0 radical (unpaired) electrons. The molecule has 0 spiro atoms. The largest absolute Gasteiger partial charge is 0.497 e. The number of piperazine rings is 1. The average Bonchev–Trinajstić information content (AvgIpc) is 3.20. The number of nitrogens with zero attached hydrogens (tertiary/aromatic N) is 4. The Balaban J connectivity index is 0.00000182. The minimum Gasteiger partial charge on any atom is -0.497 e. The van der Waals surface area contributed by atoms with E-state index in [2.05, 4.69) is 32.9 Å². The van der Waals surface area contributed by atoms with Crippen molar-refractivity contribution in [2.24, 2.45) is 7.05 Å². The van der Waals surface area contributed by atoms with E-state index in [1.807, 2.05) is 24.5 Å². The molecular weight excluding hydrogens is 358 g/mol.